The molecule has 0 aliphatic carbocycles. The lowest BCUT2D eigenvalue weighted by atomic mass is 10.2. The highest BCUT2D eigenvalue weighted by molar-refractivity contribution is 7.11. The summed E-state index contributed by atoms with van der Waals surface area (Å²) in [4.78, 5) is 15.3. The van der Waals surface area contributed by atoms with Crippen molar-refractivity contribution >= 4 is 17.3 Å². The molecule has 0 aliphatic rings. The van der Waals surface area contributed by atoms with Gasteiger partial charge in [-0.3, -0.25) is 0 Å². The van der Waals surface area contributed by atoms with Gasteiger partial charge in [-0.1, -0.05) is 0 Å². The Kier molecular flexibility index (Phi) is 3.75. The molecule has 0 amide bonds. The highest BCUT2D eigenvalue weighted by Gasteiger charge is 2.16. The molecular formula is C12H9F2NO3S. The summed E-state index contributed by atoms with van der Waals surface area (Å²) < 4.78 is 32.1. The van der Waals surface area contributed by atoms with E-state index < -0.39 is 28.9 Å². The second-order valence-electron chi connectivity index (χ2n) is 3.71. The number of thiazole rings is 1. The van der Waals surface area contributed by atoms with Crippen LogP contribution in [0.4, 0.5) is 8.78 Å². The first kappa shape index (κ1) is 13.4. The zero-order valence-electron chi connectivity index (χ0n) is 9.81. The summed E-state index contributed by atoms with van der Waals surface area (Å²) in [5, 5.41) is 9.47. The van der Waals surface area contributed by atoms with Crippen LogP contribution in [0.5, 0.6) is 5.75 Å². The largest absolute Gasteiger partial charge is 0.482 e. The van der Waals surface area contributed by atoms with E-state index in [1.807, 2.05) is 0 Å². The van der Waals surface area contributed by atoms with Crippen LogP contribution in [-0.2, 0) is 6.61 Å². The zero-order chi connectivity index (χ0) is 14.0. The van der Waals surface area contributed by atoms with Gasteiger partial charge in [-0.2, -0.15) is 0 Å². The third-order valence-corrected chi connectivity index (χ3v) is 3.16. The molecule has 1 N–H and O–H groups in total. The number of carboxylic acids is 1. The Labute approximate surface area is 111 Å². The summed E-state index contributed by atoms with van der Waals surface area (Å²) in [6.45, 7) is 1.78. The molecule has 0 spiro atoms. The Morgan fingerprint density at radius 1 is 1.42 bits per heavy atom. The van der Waals surface area contributed by atoms with Crippen molar-refractivity contribution in [2.45, 2.75) is 13.5 Å². The fourth-order valence-corrected chi connectivity index (χ4v) is 2.14. The lowest BCUT2D eigenvalue weighted by molar-refractivity contribution is 0.0695. The Morgan fingerprint density at radius 2 is 2.05 bits per heavy atom. The first-order valence-corrected chi connectivity index (χ1v) is 6.05. The molecule has 1 aromatic carbocycles. The molecule has 1 heterocycles. The van der Waals surface area contributed by atoms with Gasteiger partial charge in [-0.15, -0.1) is 11.3 Å². The van der Waals surface area contributed by atoms with E-state index in [4.69, 9.17) is 9.84 Å². The number of aromatic carboxylic acids is 1. The minimum Gasteiger partial charge on any atom is -0.482 e. The molecule has 0 radical (unpaired) electrons. The molecule has 0 aliphatic heterocycles. The molecule has 7 heteroatoms. The van der Waals surface area contributed by atoms with Crippen LogP contribution in [-0.4, -0.2) is 16.1 Å². The van der Waals surface area contributed by atoms with Crippen molar-refractivity contribution in [3.63, 3.8) is 0 Å². The molecule has 0 atom stereocenters. The zero-order valence-corrected chi connectivity index (χ0v) is 10.6. The van der Waals surface area contributed by atoms with Gasteiger partial charge in [0.1, 0.15) is 6.61 Å². The summed E-state index contributed by atoms with van der Waals surface area (Å²) in [5.41, 5.74) is -0.462. The van der Waals surface area contributed by atoms with Gasteiger partial charge < -0.3 is 9.84 Å². The Morgan fingerprint density at radius 3 is 2.53 bits per heavy atom. The minimum absolute atomic E-state index is 0.0221. The number of carboxylic acid groups (broad SMARTS) is 1. The van der Waals surface area contributed by atoms with Crippen molar-refractivity contribution in [2.75, 3.05) is 0 Å². The molecule has 19 heavy (non-hydrogen) atoms. The monoisotopic (exact) mass is 285 g/mol. The van der Waals surface area contributed by atoms with Crippen LogP contribution >= 0.6 is 11.3 Å². The number of nitrogens with zero attached hydrogens (tertiary/aromatic N) is 1. The van der Waals surface area contributed by atoms with Crippen molar-refractivity contribution in [3.05, 3.63) is 45.4 Å². The number of hydrogen-bond acceptors (Lipinski definition) is 4. The summed E-state index contributed by atoms with van der Waals surface area (Å²) in [6.07, 6.45) is 1.56. The van der Waals surface area contributed by atoms with Gasteiger partial charge >= 0.3 is 5.97 Å². The van der Waals surface area contributed by atoms with E-state index in [-0.39, 0.29) is 6.61 Å². The van der Waals surface area contributed by atoms with Crippen LogP contribution in [0.15, 0.2) is 18.3 Å². The third kappa shape index (κ3) is 3.05. The first-order valence-electron chi connectivity index (χ1n) is 5.24. The second kappa shape index (κ2) is 5.31. The number of hydrogen-bond donors (Lipinski definition) is 1. The van der Waals surface area contributed by atoms with E-state index in [1.165, 1.54) is 11.3 Å². The van der Waals surface area contributed by atoms with E-state index in [9.17, 15) is 13.6 Å². The molecule has 0 unspecified atom stereocenters. The van der Waals surface area contributed by atoms with Crippen molar-refractivity contribution in [1.82, 2.24) is 4.98 Å². The van der Waals surface area contributed by atoms with E-state index in [0.717, 1.165) is 22.0 Å². The average Bonchev–Trinajstić information content (AvgIpc) is 2.73. The highest BCUT2D eigenvalue weighted by Crippen LogP contribution is 2.25. The molecular weight excluding hydrogens is 276 g/mol. The lowest BCUT2D eigenvalue weighted by Crippen LogP contribution is -2.03. The summed E-state index contributed by atoms with van der Waals surface area (Å²) in [7, 11) is 0. The summed E-state index contributed by atoms with van der Waals surface area (Å²) in [5.74, 6) is -4.07. The number of aromatic nitrogens is 1. The average molecular weight is 285 g/mol. The Hall–Kier alpha value is -2.02. The lowest BCUT2D eigenvalue weighted by Gasteiger charge is -2.07. The number of rotatable bonds is 4. The van der Waals surface area contributed by atoms with Gasteiger partial charge in [0.05, 0.1) is 15.4 Å². The minimum atomic E-state index is -1.40. The molecule has 1 aromatic heterocycles. The first-order chi connectivity index (χ1) is 8.97. The molecule has 0 bridgehead atoms. The van der Waals surface area contributed by atoms with E-state index in [0.29, 0.717) is 0 Å². The second-order valence-corrected chi connectivity index (χ2v) is 5.03. The Bertz CT molecular complexity index is 604. The summed E-state index contributed by atoms with van der Waals surface area (Å²) in [6, 6.07) is 1.44. The van der Waals surface area contributed by atoms with E-state index in [1.54, 1.807) is 13.1 Å². The fourth-order valence-electron chi connectivity index (χ4n) is 1.44. The Balaban J connectivity index is 2.18. The predicted molar refractivity (Wildman–Crippen MR) is 64.5 cm³/mol. The molecule has 2 rings (SSSR count). The highest BCUT2D eigenvalue weighted by atomic mass is 32.1. The van der Waals surface area contributed by atoms with Gasteiger partial charge in [0.25, 0.3) is 0 Å². The molecule has 0 saturated heterocycles. The number of benzene rings is 1. The van der Waals surface area contributed by atoms with Gasteiger partial charge in [-0.05, 0) is 19.1 Å². The topological polar surface area (TPSA) is 59.4 Å². The normalized spacial score (nSPS) is 10.5. The fraction of sp³-hybridized carbons (Fsp3) is 0.167. The van der Waals surface area contributed by atoms with Crippen LogP contribution in [0, 0.1) is 18.6 Å². The van der Waals surface area contributed by atoms with Crippen molar-refractivity contribution < 1.29 is 23.4 Å². The number of carbonyl (C=O) groups is 1. The van der Waals surface area contributed by atoms with Crippen molar-refractivity contribution in [1.29, 1.82) is 0 Å². The van der Waals surface area contributed by atoms with Crippen LogP contribution < -0.4 is 4.74 Å². The third-order valence-electron chi connectivity index (χ3n) is 2.27. The number of ether oxygens (including phenoxy) is 1. The maximum Gasteiger partial charge on any atom is 0.335 e. The van der Waals surface area contributed by atoms with E-state index >= 15 is 0 Å². The van der Waals surface area contributed by atoms with Gasteiger partial charge in [0.15, 0.2) is 17.4 Å². The molecule has 2 aromatic rings. The van der Waals surface area contributed by atoms with E-state index in [2.05, 4.69) is 4.98 Å². The SMILES string of the molecule is Cc1ncc(COc2c(F)cc(C(=O)O)cc2F)s1. The quantitative estimate of drug-likeness (QED) is 0.938. The number of aryl methyl sites for hydroxylation is 1. The summed E-state index contributed by atoms with van der Waals surface area (Å²) >= 11 is 1.35. The standard InChI is InChI=1S/C12H9F2NO3S/c1-6-15-4-8(19-6)5-18-11-9(13)2-7(12(16)17)3-10(11)14/h2-4H,5H2,1H3,(H,16,17). The van der Waals surface area contributed by atoms with Crippen molar-refractivity contribution in [3.8, 4) is 5.75 Å². The van der Waals surface area contributed by atoms with Crippen LogP contribution in [0.3, 0.4) is 0 Å². The maximum atomic E-state index is 13.5. The van der Waals surface area contributed by atoms with Crippen LogP contribution in [0.25, 0.3) is 0 Å². The van der Waals surface area contributed by atoms with Crippen LogP contribution in [0.1, 0.15) is 20.2 Å². The molecule has 0 fully saturated rings. The molecule has 4 nitrogen and oxygen atoms in total. The predicted octanol–water partition coefficient (Wildman–Crippen LogP) is 3.01. The van der Waals surface area contributed by atoms with Gasteiger partial charge in [-0.25, -0.2) is 18.6 Å². The molecule has 100 valence electrons. The smallest absolute Gasteiger partial charge is 0.335 e. The van der Waals surface area contributed by atoms with Crippen LogP contribution in [0.2, 0.25) is 0 Å². The number of halogens is 2. The van der Waals surface area contributed by atoms with Crippen molar-refractivity contribution in [2.24, 2.45) is 0 Å². The maximum absolute atomic E-state index is 13.5. The molecule has 0 saturated carbocycles. The van der Waals surface area contributed by atoms with Gasteiger partial charge in [0.2, 0.25) is 0 Å². The van der Waals surface area contributed by atoms with Gasteiger partial charge in [0, 0.05) is 6.20 Å².